The van der Waals surface area contributed by atoms with Gasteiger partial charge in [-0.15, -0.1) is 0 Å². The third-order valence-electron chi connectivity index (χ3n) is 3.75. The highest BCUT2D eigenvalue weighted by Crippen LogP contribution is 2.25. The highest BCUT2D eigenvalue weighted by molar-refractivity contribution is 5.82. The van der Waals surface area contributed by atoms with E-state index in [1.807, 2.05) is 0 Å². The van der Waals surface area contributed by atoms with Crippen molar-refractivity contribution >= 4 is 17.9 Å². The maximum absolute atomic E-state index is 11.6. The van der Waals surface area contributed by atoms with Crippen molar-refractivity contribution in [2.75, 3.05) is 13.1 Å². The third-order valence-corrected chi connectivity index (χ3v) is 3.75. The van der Waals surface area contributed by atoms with Crippen molar-refractivity contribution in [1.82, 2.24) is 10.6 Å². The molecule has 0 aromatic rings. The summed E-state index contributed by atoms with van der Waals surface area (Å²) in [6.45, 7) is 6.91. The first-order valence-corrected chi connectivity index (χ1v) is 6.66. The fourth-order valence-corrected chi connectivity index (χ4v) is 1.58. The van der Waals surface area contributed by atoms with Crippen molar-refractivity contribution < 1.29 is 19.5 Å². The summed E-state index contributed by atoms with van der Waals surface area (Å²) in [6, 6.07) is -0.508. The number of nitrogens with one attached hydrogen (secondary N) is 2. The number of carbonyl (C=O) groups is 3. The molecule has 7 heteroatoms. The van der Waals surface area contributed by atoms with Crippen molar-refractivity contribution in [2.24, 2.45) is 16.6 Å². The smallest absolute Gasteiger partial charge is 0.314 e. The lowest BCUT2D eigenvalue weighted by molar-refractivity contribution is -0.149. The molecule has 0 aliphatic heterocycles. The molecule has 0 heterocycles. The zero-order valence-corrected chi connectivity index (χ0v) is 12.6. The first-order valence-electron chi connectivity index (χ1n) is 6.66. The van der Waals surface area contributed by atoms with Crippen molar-refractivity contribution in [3.63, 3.8) is 0 Å². The van der Waals surface area contributed by atoms with Gasteiger partial charge in [0.15, 0.2) is 0 Å². The average Bonchev–Trinajstić information content (AvgIpc) is 2.37. The molecule has 0 aliphatic carbocycles. The molecular formula is C13H25N3O4. The molecular weight excluding hydrogens is 262 g/mol. The van der Waals surface area contributed by atoms with Gasteiger partial charge in [-0.25, -0.2) is 4.79 Å². The Morgan fingerprint density at radius 3 is 1.85 bits per heavy atom. The summed E-state index contributed by atoms with van der Waals surface area (Å²) in [5, 5.41) is 14.3. The zero-order valence-electron chi connectivity index (χ0n) is 12.6. The molecule has 0 fully saturated rings. The van der Waals surface area contributed by atoms with Crippen LogP contribution in [0.1, 0.15) is 40.5 Å². The fraction of sp³-hybridized carbons (Fsp3) is 0.769. The van der Waals surface area contributed by atoms with E-state index in [0.717, 1.165) is 0 Å². The second kappa shape index (κ2) is 7.12. The highest BCUT2D eigenvalue weighted by Gasteiger charge is 2.35. The van der Waals surface area contributed by atoms with E-state index in [1.165, 1.54) is 0 Å². The van der Waals surface area contributed by atoms with Gasteiger partial charge in [-0.05, 0) is 26.7 Å². The number of carbonyl (C=O) groups excluding carboxylic acids is 2. The van der Waals surface area contributed by atoms with Crippen LogP contribution in [-0.4, -0.2) is 36.1 Å². The quantitative estimate of drug-likeness (QED) is 0.524. The molecule has 0 aliphatic rings. The molecule has 116 valence electrons. The topological polar surface area (TPSA) is 122 Å². The molecule has 0 unspecified atom stereocenters. The van der Waals surface area contributed by atoms with Crippen LogP contribution in [0, 0.1) is 10.8 Å². The van der Waals surface area contributed by atoms with Crippen molar-refractivity contribution in [3.8, 4) is 0 Å². The molecule has 0 aromatic heterocycles. The Labute approximate surface area is 119 Å². The maximum atomic E-state index is 11.6. The van der Waals surface area contributed by atoms with Crippen LogP contribution in [0.2, 0.25) is 0 Å². The second-order valence-electron chi connectivity index (χ2n) is 5.58. The third kappa shape index (κ3) is 4.71. The molecule has 0 atom stereocenters. The van der Waals surface area contributed by atoms with E-state index >= 15 is 0 Å². The van der Waals surface area contributed by atoms with Crippen LogP contribution in [0.3, 0.4) is 0 Å². The van der Waals surface area contributed by atoms with E-state index in [-0.39, 0.29) is 13.1 Å². The Hall–Kier alpha value is -1.79. The minimum absolute atomic E-state index is 0.0398. The van der Waals surface area contributed by atoms with Crippen LogP contribution in [0.4, 0.5) is 4.79 Å². The predicted molar refractivity (Wildman–Crippen MR) is 75.0 cm³/mol. The van der Waals surface area contributed by atoms with E-state index in [2.05, 4.69) is 10.6 Å². The summed E-state index contributed by atoms with van der Waals surface area (Å²) < 4.78 is 0. The number of carboxylic acid groups (broad SMARTS) is 1. The lowest BCUT2D eigenvalue weighted by Crippen LogP contribution is -2.49. The van der Waals surface area contributed by atoms with Crippen molar-refractivity contribution in [3.05, 3.63) is 0 Å². The van der Waals surface area contributed by atoms with Crippen LogP contribution in [0.5, 0.6) is 0 Å². The average molecular weight is 287 g/mol. The summed E-state index contributed by atoms with van der Waals surface area (Å²) in [7, 11) is 0. The van der Waals surface area contributed by atoms with Crippen LogP contribution >= 0.6 is 0 Å². The Balaban J connectivity index is 4.43. The number of hydrogen-bond acceptors (Lipinski definition) is 3. The van der Waals surface area contributed by atoms with E-state index in [9.17, 15) is 19.5 Å². The number of primary amides is 1. The van der Waals surface area contributed by atoms with Crippen LogP contribution < -0.4 is 16.4 Å². The number of rotatable bonds is 8. The van der Waals surface area contributed by atoms with Gasteiger partial charge in [0.1, 0.15) is 0 Å². The van der Waals surface area contributed by atoms with Gasteiger partial charge in [-0.2, -0.15) is 0 Å². The molecule has 7 nitrogen and oxygen atoms in total. The molecule has 0 saturated carbocycles. The van der Waals surface area contributed by atoms with Crippen molar-refractivity contribution in [1.29, 1.82) is 0 Å². The van der Waals surface area contributed by atoms with Gasteiger partial charge in [0.05, 0.1) is 10.8 Å². The van der Waals surface area contributed by atoms with Crippen LogP contribution in [0.15, 0.2) is 0 Å². The Kier molecular flexibility index (Phi) is 6.48. The number of aliphatic carboxylic acids is 1. The summed E-state index contributed by atoms with van der Waals surface area (Å²) in [5.41, 5.74) is 3.38. The lowest BCUT2D eigenvalue weighted by Gasteiger charge is -2.27. The summed E-state index contributed by atoms with van der Waals surface area (Å²) >= 11 is 0. The number of hydrogen-bond donors (Lipinski definition) is 4. The molecule has 0 bridgehead atoms. The molecule has 3 amide bonds. The van der Waals surface area contributed by atoms with Crippen LogP contribution in [0.25, 0.3) is 0 Å². The molecule has 0 rings (SSSR count). The summed E-state index contributed by atoms with van der Waals surface area (Å²) in [5.74, 6) is -1.44. The Morgan fingerprint density at radius 2 is 1.50 bits per heavy atom. The van der Waals surface area contributed by atoms with Gasteiger partial charge in [0.2, 0.25) is 5.91 Å². The first kappa shape index (κ1) is 18.2. The summed E-state index contributed by atoms with van der Waals surface area (Å²) in [4.78, 5) is 34.0. The van der Waals surface area contributed by atoms with E-state index in [0.29, 0.717) is 12.8 Å². The van der Waals surface area contributed by atoms with E-state index < -0.39 is 28.7 Å². The molecule has 0 spiro atoms. The highest BCUT2D eigenvalue weighted by atomic mass is 16.4. The molecule has 20 heavy (non-hydrogen) atoms. The molecule has 0 saturated heterocycles. The van der Waals surface area contributed by atoms with Gasteiger partial charge < -0.3 is 21.5 Å². The van der Waals surface area contributed by atoms with Gasteiger partial charge in [0, 0.05) is 13.1 Å². The summed E-state index contributed by atoms with van der Waals surface area (Å²) in [6.07, 6.45) is 0.845. The maximum Gasteiger partial charge on any atom is 0.314 e. The Bertz CT molecular complexity index is 376. The first-order chi connectivity index (χ1) is 9.11. The molecule has 0 aromatic carbocycles. The van der Waals surface area contributed by atoms with E-state index in [4.69, 9.17) is 5.73 Å². The van der Waals surface area contributed by atoms with E-state index in [1.54, 1.807) is 27.7 Å². The number of carboxylic acids is 1. The molecule has 5 N–H and O–H groups in total. The van der Waals surface area contributed by atoms with Gasteiger partial charge in [0.25, 0.3) is 0 Å². The standard InChI is InChI=1S/C13H25N3O4/c1-5-13(6-2,10(18)19)8-16-11(20)15-7-12(3,4)9(14)17/h5-8H2,1-4H3,(H2,14,17)(H,18,19)(H2,15,16,20). The fourth-order valence-electron chi connectivity index (χ4n) is 1.58. The minimum atomic E-state index is -0.962. The van der Waals surface area contributed by atoms with Gasteiger partial charge >= 0.3 is 12.0 Å². The van der Waals surface area contributed by atoms with Crippen molar-refractivity contribution in [2.45, 2.75) is 40.5 Å². The monoisotopic (exact) mass is 287 g/mol. The second-order valence-corrected chi connectivity index (χ2v) is 5.58. The predicted octanol–water partition coefficient (Wildman–Crippen LogP) is 0.688. The number of nitrogens with two attached hydrogens (primary N) is 1. The lowest BCUT2D eigenvalue weighted by atomic mass is 9.82. The SMILES string of the molecule is CCC(CC)(CNC(=O)NCC(C)(C)C(N)=O)C(=O)O. The zero-order chi connectivity index (χ0) is 16.0. The number of amides is 3. The normalized spacial score (nSPS) is 11.8. The number of urea groups is 1. The minimum Gasteiger partial charge on any atom is -0.481 e. The van der Waals surface area contributed by atoms with Gasteiger partial charge in [-0.3, -0.25) is 9.59 Å². The molecule has 0 radical (unpaired) electrons. The Morgan fingerprint density at radius 1 is 1.05 bits per heavy atom. The largest absolute Gasteiger partial charge is 0.481 e. The van der Waals surface area contributed by atoms with Gasteiger partial charge in [-0.1, -0.05) is 13.8 Å². The van der Waals surface area contributed by atoms with Crippen LogP contribution in [-0.2, 0) is 9.59 Å².